The summed E-state index contributed by atoms with van der Waals surface area (Å²) in [5.74, 6) is 0.292. The van der Waals surface area contributed by atoms with Gasteiger partial charge in [0.2, 0.25) is 0 Å². The molecule has 2 nitrogen and oxygen atoms in total. The van der Waals surface area contributed by atoms with Crippen LogP contribution in [0.4, 0.5) is 5.69 Å². The molecule has 22 heavy (non-hydrogen) atoms. The molecule has 0 amide bonds. The molecule has 0 spiro atoms. The summed E-state index contributed by atoms with van der Waals surface area (Å²) in [4.78, 5) is 0. The molecular formula is C19H26BrNO. The number of nitrogens with one attached hydrogen (secondary N) is 1. The van der Waals surface area contributed by atoms with Crippen LogP contribution < -0.4 is 5.32 Å². The van der Waals surface area contributed by atoms with Gasteiger partial charge in [0.15, 0.2) is 0 Å². The zero-order chi connectivity index (χ0) is 16.8. The first-order valence-corrected chi connectivity index (χ1v) is 8.33. The van der Waals surface area contributed by atoms with Crippen LogP contribution in [-0.2, 0) is 11.8 Å². The van der Waals surface area contributed by atoms with Crippen LogP contribution in [0.15, 0.2) is 46.9 Å². The Morgan fingerprint density at radius 3 is 2.09 bits per heavy atom. The van der Waals surface area contributed by atoms with Crippen molar-refractivity contribution in [1.82, 2.24) is 0 Å². The van der Waals surface area contributed by atoms with E-state index in [4.69, 9.17) is 0 Å². The smallest absolute Gasteiger partial charge is 0.139 e. The molecule has 120 valence electrons. The van der Waals surface area contributed by atoms with Gasteiger partial charge in [0.25, 0.3) is 0 Å². The van der Waals surface area contributed by atoms with Crippen LogP contribution in [0.2, 0.25) is 0 Å². The number of halogens is 1. The van der Waals surface area contributed by atoms with Gasteiger partial charge in [-0.15, -0.1) is 0 Å². The maximum absolute atomic E-state index is 9.70. The number of phenolic OH excluding ortho intramolecular Hbond substituents is 1. The number of anilines is 1. The van der Waals surface area contributed by atoms with Gasteiger partial charge >= 0.3 is 0 Å². The van der Waals surface area contributed by atoms with Crippen molar-refractivity contribution in [1.29, 1.82) is 0 Å². The number of phenols is 1. The zero-order valence-electron chi connectivity index (χ0n) is 14.1. The average molecular weight is 364 g/mol. The van der Waals surface area contributed by atoms with E-state index >= 15 is 0 Å². The first-order chi connectivity index (χ1) is 10.3. The summed E-state index contributed by atoms with van der Waals surface area (Å²) in [6, 6.07) is 14.2. The minimum Gasteiger partial charge on any atom is -0.506 e. The lowest BCUT2D eigenvalue weighted by Gasteiger charge is -2.22. The highest BCUT2D eigenvalue weighted by atomic mass is 79.9. The third-order valence-electron chi connectivity index (χ3n) is 3.41. The Hall–Kier alpha value is -1.48. The van der Waals surface area contributed by atoms with Crippen LogP contribution in [0.5, 0.6) is 5.75 Å². The Morgan fingerprint density at radius 1 is 1.09 bits per heavy atom. The molecule has 0 fully saturated rings. The Morgan fingerprint density at radius 2 is 1.68 bits per heavy atom. The van der Waals surface area contributed by atoms with Crippen LogP contribution in [-0.4, -0.2) is 12.2 Å². The number of hydrogen-bond donors (Lipinski definition) is 2. The molecule has 0 saturated carbocycles. The minimum absolute atomic E-state index is 0.0303. The second kappa shape index (κ2) is 8.23. The molecule has 0 bridgehead atoms. The van der Waals surface area contributed by atoms with Gasteiger partial charge in [0.05, 0.1) is 5.69 Å². The maximum atomic E-state index is 9.70. The number of aromatic hydroxyl groups is 1. The van der Waals surface area contributed by atoms with Crippen molar-refractivity contribution in [2.24, 2.45) is 0 Å². The molecule has 0 unspecified atom stereocenters. The van der Waals surface area contributed by atoms with Crippen LogP contribution in [0, 0.1) is 0 Å². The van der Waals surface area contributed by atoms with Crippen LogP contribution in [0.25, 0.3) is 0 Å². The van der Waals surface area contributed by atoms with Crippen LogP contribution in [0.1, 0.15) is 38.8 Å². The molecule has 0 aliphatic carbocycles. The van der Waals surface area contributed by atoms with E-state index in [0.717, 1.165) is 22.1 Å². The zero-order valence-corrected chi connectivity index (χ0v) is 15.7. The third kappa shape index (κ3) is 5.38. The number of hydrogen-bond acceptors (Lipinski definition) is 2. The van der Waals surface area contributed by atoms with Gasteiger partial charge in [-0.3, -0.25) is 0 Å². The summed E-state index contributed by atoms with van der Waals surface area (Å²) in [7, 11) is 1.79. The van der Waals surface area contributed by atoms with E-state index in [9.17, 15) is 5.11 Å². The van der Waals surface area contributed by atoms with Gasteiger partial charge in [-0.05, 0) is 35.1 Å². The number of rotatable bonds is 2. The van der Waals surface area contributed by atoms with E-state index < -0.39 is 0 Å². The Bertz CT molecular complexity index is 588. The predicted octanol–water partition coefficient (Wildman–Crippen LogP) is 5.74. The third-order valence-corrected chi connectivity index (χ3v) is 4.07. The Balaban J connectivity index is 0.000000255. The van der Waals surface area contributed by atoms with E-state index in [1.807, 2.05) is 12.1 Å². The molecule has 2 aromatic carbocycles. The Kier molecular flexibility index (Phi) is 6.95. The fourth-order valence-electron chi connectivity index (χ4n) is 2.05. The van der Waals surface area contributed by atoms with Crippen molar-refractivity contribution >= 4 is 21.6 Å². The van der Waals surface area contributed by atoms with E-state index in [2.05, 4.69) is 73.2 Å². The molecule has 2 aromatic rings. The van der Waals surface area contributed by atoms with Crippen molar-refractivity contribution < 1.29 is 5.11 Å². The molecule has 0 atom stereocenters. The van der Waals surface area contributed by atoms with E-state index in [-0.39, 0.29) is 5.41 Å². The fourth-order valence-corrected chi connectivity index (χ4v) is 2.99. The molecule has 0 heterocycles. The maximum Gasteiger partial charge on any atom is 0.139 e. The second-order valence-corrected chi connectivity index (χ2v) is 7.04. The van der Waals surface area contributed by atoms with Crippen molar-refractivity contribution in [3.05, 3.63) is 58.1 Å². The largest absolute Gasteiger partial charge is 0.506 e. The topological polar surface area (TPSA) is 32.3 Å². The van der Waals surface area contributed by atoms with Crippen molar-refractivity contribution in [2.45, 2.75) is 39.5 Å². The van der Waals surface area contributed by atoms with Crippen LogP contribution in [0.3, 0.4) is 0 Å². The highest BCUT2D eigenvalue weighted by Gasteiger charge is 2.18. The lowest BCUT2D eigenvalue weighted by Crippen LogP contribution is -2.12. The van der Waals surface area contributed by atoms with Gasteiger partial charge in [-0.25, -0.2) is 0 Å². The molecule has 2 rings (SSSR count). The quantitative estimate of drug-likeness (QED) is 0.666. The molecule has 0 saturated heterocycles. The standard InChI is InChI=1S/C11H16BrNO.C8H10/c1-11(2,3)7-5-10(14)9(13-4)6-8(7)12;1-2-8-6-4-3-5-7-8/h5-6,13-14H,1-4H3;3-7H,2H2,1H3. The van der Waals surface area contributed by atoms with Gasteiger partial charge in [0, 0.05) is 11.5 Å². The summed E-state index contributed by atoms with van der Waals surface area (Å²) < 4.78 is 1.02. The first-order valence-electron chi connectivity index (χ1n) is 7.54. The summed E-state index contributed by atoms with van der Waals surface area (Å²) in [5, 5.41) is 12.6. The van der Waals surface area contributed by atoms with Crippen molar-refractivity contribution in [3.63, 3.8) is 0 Å². The van der Waals surface area contributed by atoms with Crippen LogP contribution >= 0.6 is 15.9 Å². The summed E-state index contributed by atoms with van der Waals surface area (Å²) in [6.07, 6.45) is 1.14. The number of aryl methyl sites for hydroxylation is 1. The molecular weight excluding hydrogens is 338 g/mol. The average Bonchev–Trinajstić information content (AvgIpc) is 2.49. The molecule has 2 N–H and O–H groups in total. The van der Waals surface area contributed by atoms with Crippen molar-refractivity contribution in [2.75, 3.05) is 12.4 Å². The Labute approximate surface area is 142 Å². The lowest BCUT2D eigenvalue weighted by molar-refractivity contribution is 0.473. The molecule has 0 aromatic heterocycles. The van der Waals surface area contributed by atoms with E-state index in [1.54, 1.807) is 13.1 Å². The molecule has 0 aliphatic heterocycles. The molecule has 3 heteroatoms. The van der Waals surface area contributed by atoms with E-state index in [0.29, 0.717) is 5.75 Å². The number of benzene rings is 2. The highest BCUT2D eigenvalue weighted by molar-refractivity contribution is 9.10. The normalized spacial score (nSPS) is 10.6. The van der Waals surface area contributed by atoms with Crippen molar-refractivity contribution in [3.8, 4) is 5.75 Å². The summed E-state index contributed by atoms with van der Waals surface area (Å²) in [6.45, 7) is 8.51. The fraction of sp³-hybridized carbons (Fsp3) is 0.368. The molecule has 0 aliphatic rings. The predicted molar refractivity (Wildman–Crippen MR) is 99.9 cm³/mol. The monoisotopic (exact) mass is 363 g/mol. The van der Waals surface area contributed by atoms with Gasteiger partial charge in [-0.2, -0.15) is 0 Å². The lowest BCUT2D eigenvalue weighted by atomic mass is 9.87. The van der Waals surface area contributed by atoms with E-state index in [1.165, 1.54) is 5.56 Å². The van der Waals surface area contributed by atoms with Gasteiger partial charge in [0.1, 0.15) is 5.75 Å². The molecule has 0 radical (unpaired) electrons. The van der Waals surface area contributed by atoms with Gasteiger partial charge < -0.3 is 10.4 Å². The minimum atomic E-state index is 0.0303. The SMILES string of the molecule is CCc1ccccc1.CNc1cc(Br)c(C(C)(C)C)cc1O. The second-order valence-electron chi connectivity index (χ2n) is 6.19. The summed E-state index contributed by atoms with van der Waals surface area (Å²) >= 11 is 3.51. The summed E-state index contributed by atoms with van der Waals surface area (Å²) in [5.41, 5.74) is 3.29. The van der Waals surface area contributed by atoms with Gasteiger partial charge in [-0.1, -0.05) is 74.0 Å². The highest BCUT2D eigenvalue weighted by Crippen LogP contribution is 2.36. The first kappa shape index (κ1) is 18.6.